The van der Waals surface area contributed by atoms with Crippen LogP contribution in [0.1, 0.15) is 40.2 Å². The molecule has 0 saturated carbocycles. The molecule has 0 aliphatic carbocycles. The van der Waals surface area contributed by atoms with Crippen LogP contribution in [0.2, 0.25) is 0 Å². The van der Waals surface area contributed by atoms with E-state index in [1.165, 1.54) is 0 Å². The maximum Gasteiger partial charge on any atom is 0.156 e. The van der Waals surface area contributed by atoms with Gasteiger partial charge < -0.3 is 4.74 Å². The first-order chi connectivity index (χ1) is 8.70. The first-order valence-corrected chi connectivity index (χ1v) is 7.08. The van der Waals surface area contributed by atoms with E-state index in [1.54, 1.807) is 0 Å². The second-order valence-corrected chi connectivity index (χ2v) is 6.63. The molecule has 19 heavy (non-hydrogen) atoms. The minimum atomic E-state index is -0.491. The lowest BCUT2D eigenvalue weighted by Crippen LogP contribution is -2.30. The third kappa shape index (κ3) is 5.23. The van der Waals surface area contributed by atoms with Crippen LogP contribution in [-0.4, -0.2) is 17.3 Å². The Labute approximate surface area is 121 Å². The monoisotopic (exact) mass is 282 g/mol. The molecule has 3 heteroatoms. The molecule has 0 radical (unpaired) electrons. The number of rotatable bonds is 5. The minimum Gasteiger partial charge on any atom is -0.491 e. The Morgan fingerprint density at radius 1 is 1.32 bits per heavy atom. The van der Waals surface area contributed by atoms with Crippen LogP contribution in [0.3, 0.4) is 0 Å². The molecule has 0 aliphatic rings. The summed E-state index contributed by atoms with van der Waals surface area (Å²) in [4.78, 5) is 12.1. The number of carbonyl (C=O) groups is 1. The Kier molecular flexibility index (Phi) is 5.42. The average Bonchev–Trinajstić information content (AvgIpc) is 2.26. The highest BCUT2D eigenvalue weighted by Gasteiger charge is 2.28. The lowest BCUT2D eigenvalue weighted by molar-refractivity contribution is -0.125. The van der Waals surface area contributed by atoms with Crippen LogP contribution in [0.4, 0.5) is 0 Å². The van der Waals surface area contributed by atoms with E-state index in [-0.39, 0.29) is 11.9 Å². The Balaban J connectivity index is 2.74. The molecule has 1 rings (SSSR count). The maximum absolute atomic E-state index is 12.1. The van der Waals surface area contributed by atoms with Crippen molar-refractivity contribution in [3.05, 3.63) is 29.8 Å². The second-order valence-electron chi connectivity index (χ2n) is 6.10. The van der Waals surface area contributed by atoms with Gasteiger partial charge in [0.15, 0.2) is 5.78 Å². The smallest absolute Gasteiger partial charge is 0.156 e. The van der Waals surface area contributed by atoms with Crippen molar-refractivity contribution < 1.29 is 9.53 Å². The number of ketones is 1. The van der Waals surface area contributed by atoms with Crippen LogP contribution < -0.4 is 4.74 Å². The van der Waals surface area contributed by atoms with Gasteiger partial charge >= 0.3 is 0 Å². The number of hydrogen-bond acceptors (Lipinski definition) is 2. The molecule has 0 aromatic heterocycles. The molecule has 1 unspecified atom stereocenters. The number of halogens is 1. The van der Waals surface area contributed by atoms with E-state index in [0.29, 0.717) is 6.42 Å². The summed E-state index contributed by atoms with van der Waals surface area (Å²) in [6, 6.07) is 7.76. The van der Waals surface area contributed by atoms with Crippen molar-refractivity contribution in [1.29, 1.82) is 0 Å². The number of ether oxygens (including phenoxy) is 1. The molecule has 0 saturated heterocycles. The SMILES string of the molecule is CC(C)Oc1cccc(CC(Cl)C(=O)C(C)(C)C)c1. The average molecular weight is 283 g/mol. The van der Waals surface area contributed by atoms with E-state index in [0.717, 1.165) is 11.3 Å². The van der Waals surface area contributed by atoms with Gasteiger partial charge in [0.25, 0.3) is 0 Å². The van der Waals surface area contributed by atoms with Gasteiger partial charge in [-0.15, -0.1) is 11.6 Å². The first kappa shape index (κ1) is 16.0. The van der Waals surface area contributed by atoms with Crippen molar-refractivity contribution in [3.8, 4) is 5.75 Å². The van der Waals surface area contributed by atoms with Gasteiger partial charge in [0.2, 0.25) is 0 Å². The van der Waals surface area contributed by atoms with E-state index in [4.69, 9.17) is 16.3 Å². The predicted molar refractivity (Wildman–Crippen MR) is 80.0 cm³/mol. The van der Waals surface area contributed by atoms with Crippen LogP contribution in [-0.2, 0) is 11.2 Å². The molecular formula is C16H23ClO2. The summed E-state index contributed by atoms with van der Waals surface area (Å²) in [5, 5.41) is -0.491. The van der Waals surface area contributed by atoms with Gasteiger partial charge in [0.1, 0.15) is 5.75 Å². The van der Waals surface area contributed by atoms with Gasteiger partial charge in [-0.1, -0.05) is 32.9 Å². The van der Waals surface area contributed by atoms with Crippen LogP contribution in [0.15, 0.2) is 24.3 Å². The normalized spacial score (nSPS) is 13.4. The number of benzene rings is 1. The van der Waals surface area contributed by atoms with Gasteiger partial charge in [-0.25, -0.2) is 0 Å². The summed E-state index contributed by atoms with van der Waals surface area (Å²) in [6.07, 6.45) is 0.672. The third-order valence-electron chi connectivity index (χ3n) is 2.71. The van der Waals surface area contributed by atoms with Crippen LogP contribution >= 0.6 is 11.6 Å². The zero-order chi connectivity index (χ0) is 14.6. The zero-order valence-electron chi connectivity index (χ0n) is 12.4. The van der Waals surface area contributed by atoms with Crippen molar-refractivity contribution in [3.63, 3.8) is 0 Å². The molecule has 2 nitrogen and oxygen atoms in total. The van der Waals surface area contributed by atoms with Gasteiger partial charge in [0, 0.05) is 5.41 Å². The molecule has 0 amide bonds. The molecule has 0 heterocycles. The van der Waals surface area contributed by atoms with Crippen LogP contribution in [0, 0.1) is 5.41 Å². The maximum atomic E-state index is 12.1. The van der Waals surface area contributed by atoms with E-state index < -0.39 is 10.8 Å². The van der Waals surface area contributed by atoms with Crippen molar-refractivity contribution in [2.24, 2.45) is 5.41 Å². The summed E-state index contributed by atoms with van der Waals surface area (Å²) in [7, 11) is 0. The Morgan fingerprint density at radius 2 is 1.95 bits per heavy atom. The number of Topliss-reactive ketones (excluding diaryl/α,β-unsaturated/α-hetero) is 1. The van der Waals surface area contributed by atoms with Gasteiger partial charge in [-0.2, -0.15) is 0 Å². The quantitative estimate of drug-likeness (QED) is 0.755. The van der Waals surface area contributed by atoms with E-state index in [9.17, 15) is 4.79 Å². The summed E-state index contributed by atoms with van der Waals surface area (Å²) >= 11 is 6.22. The topological polar surface area (TPSA) is 26.3 Å². The molecule has 0 spiro atoms. The van der Waals surface area contributed by atoms with Crippen molar-refractivity contribution >= 4 is 17.4 Å². The number of alkyl halides is 1. The molecule has 106 valence electrons. The van der Waals surface area contributed by atoms with Gasteiger partial charge in [-0.05, 0) is 38.0 Å². The highest BCUT2D eigenvalue weighted by molar-refractivity contribution is 6.31. The van der Waals surface area contributed by atoms with Crippen LogP contribution in [0.25, 0.3) is 0 Å². The number of carbonyl (C=O) groups excluding carboxylic acids is 1. The van der Waals surface area contributed by atoms with Crippen molar-refractivity contribution in [2.45, 2.75) is 52.5 Å². The lowest BCUT2D eigenvalue weighted by Gasteiger charge is -2.20. The molecule has 0 bridgehead atoms. The highest BCUT2D eigenvalue weighted by atomic mass is 35.5. The van der Waals surface area contributed by atoms with E-state index in [2.05, 4.69) is 0 Å². The molecule has 1 aromatic rings. The van der Waals surface area contributed by atoms with Crippen molar-refractivity contribution in [1.82, 2.24) is 0 Å². The fourth-order valence-electron chi connectivity index (χ4n) is 1.79. The molecular weight excluding hydrogens is 260 g/mol. The summed E-state index contributed by atoms with van der Waals surface area (Å²) in [5.74, 6) is 0.893. The largest absolute Gasteiger partial charge is 0.491 e. The Hall–Kier alpha value is -1.02. The number of hydrogen-bond donors (Lipinski definition) is 0. The summed E-state index contributed by atoms with van der Waals surface area (Å²) < 4.78 is 5.64. The van der Waals surface area contributed by atoms with E-state index in [1.807, 2.05) is 58.9 Å². The van der Waals surface area contributed by atoms with Gasteiger partial charge in [-0.3, -0.25) is 4.79 Å². The predicted octanol–water partition coefficient (Wildman–Crippen LogP) is 4.24. The second kappa shape index (κ2) is 6.42. The lowest BCUT2D eigenvalue weighted by atomic mass is 9.87. The Bertz CT molecular complexity index is 433. The van der Waals surface area contributed by atoms with Crippen molar-refractivity contribution in [2.75, 3.05) is 0 Å². The zero-order valence-corrected chi connectivity index (χ0v) is 13.1. The minimum absolute atomic E-state index is 0.0735. The third-order valence-corrected chi connectivity index (χ3v) is 3.06. The summed E-state index contributed by atoms with van der Waals surface area (Å²) in [5.41, 5.74) is 0.620. The molecule has 0 fully saturated rings. The summed E-state index contributed by atoms with van der Waals surface area (Å²) in [6.45, 7) is 9.65. The Morgan fingerprint density at radius 3 is 2.47 bits per heavy atom. The molecule has 0 aliphatic heterocycles. The fourth-order valence-corrected chi connectivity index (χ4v) is 2.29. The molecule has 1 atom stereocenters. The molecule has 0 N–H and O–H groups in total. The standard InChI is InChI=1S/C16H23ClO2/c1-11(2)19-13-8-6-7-12(9-13)10-14(17)15(18)16(3,4)5/h6-9,11,14H,10H2,1-5H3. The van der Waals surface area contributed by atoms with E-state index >= 15 is 0 Å². The fraction of sp³-hybridized carbons (Fsp3) is 0.562. The highest BCUT2D eigenvalue weighted by Crippen LogP contribution is 2.23. The van der Waals surface area contributed by atoms with Gasteiger partial charge in [0.05, 0.1) is 11.5 Å². The first-order valence-electron chi connectivity index (χ1n) is 6.64. The van der Waals surface area contributed by atoms with Crippen LogP contribution in [0.5, 0.6) is 5.75 Å². The molecule has 1 aromatic carbocycles.